The molecule has 0 bridgehead atoms. The largest absolute Gasteiger partial charge is 0.478 e. The summed E-state index contributed by atoms with van der Waals surface area (Å²) in [7, 11) is 0. The molecule has 0 atom stereocenters. The van der Waals surface area contributed by atoms with Gasteiger partial charge in [-0.05, 0) is 12.1 Å². The van der Waals surface area contributed by atoms with Crippen LogP contribution in [0.3, 0.4) is 0 Å². The Bertz CT molecular complexity index is 589. The van der Waals surface area contributed by atoms with E-state index in [1.54, 1.807) is 6.07 Å². The van der Waals surface area contributed by atoms with Gasteiger partial charge in [-0.15, -0.1) is 0 Å². The molecule has 0 saturated heterocycles. The van der Waals surface area contributed by atoms with E-state index in [1.807, 2.05) is 0 Å². The lowest BCUT2D eigenvalue weighted by atomic mass is 10.2. The molecule has 6 heteroatoms. The van der Waals surface area contributed by atoms with E-state index < -0.39 is 11.8 Å². The molecule has 17 heavy (non-hydrogen) atoms. The molecule has 0 fully saturated rings. The van der Waals surface area contributed by atoms with Crippen LogP contribution in [0.4, 0.5) is 4.39 Å². The molecule has 2 aromatic rings. The minimum atomic E-state index is -1.21. The van der Waals surface area contributed by atoms with E-state index in [1.165, 1.54) is 18.2 Å². The quantitative estimate of drug-likeness (QED) is 0.835. The monoisotopic (exact) mass is 252 g/mol. The number of halogens is 2. The summed E-state index contributed by atoms with van der Waals surface area (Å²) < 4.78 is 13.0. The van der Waals surface area contributed by atoms with Crippen molar-refractivity contribution in [1.29, 1.82) is 0 Å². The Labute approximate surface area is 101 Å². The van der Waals surface area contributed by atoms with E-state index in [-0.39, 0.29) is 16.5 Å². The maximum absolute atomic E-state index is 13.0. The van der Waals surface area contributed by atoms with Gasteiger partial charge in [0.05, 0.1) is 0 Å². The topological polar surface area (TPSA) is 63.1 Å². The zero-order valence-corrected chi connectivity index (χ0v) is 9.15. The number of carboxylic acids is 1. The Balaban J connectivity index is 2.48. The van der Waals surface area contributed by atoms with E-state index in [0.29, 0.717) is 5.56 Å². The lowest BCUT2D eigenvalue weighted by Crippen LogP contribution is -2.01. The second kappa shape index (κ2) is 4.47. The molecule has 0 aliphatic rings. The number of hydrogen-bond donors (Lipinski definition) is 1. The molecule has 0 aliphatic heterocycles. The van der Waals surface area contributed by atoms with Gasteiger partial charge >= 0.3 is 5.97 Å². The molecule has 0 radical (unpaired) electrons. The number of nitrogens with zero attached hydrogens (tertiary/aromatic N) is 2. The van der Waals surface area contributed by atoms with Gasteiger partial charge in [0.25, 0.3) is 0 Å². The van der Waals surface area contributed by atoms with Crippen molar-refractivity contribution in [3.63, 3.8) is 0 Å². The van der Waals surface area contributed by atoms with Gasteiger partial charge in [0, 0.05) is 11.8 Å². The fourth-order valence-corrected chi connectivity index (χ4v) is 1.48. The van der Waals surface area contributed by atoms with E-state index >= 15 is 0 Å². The second-order valence-electron chi connectivity index (χ2n) is 3.21. The Morgan fingerprint density at radius 1 is 1.41 bits per heavy atom. The molecule has 0 unspecified atom stereocenters. The SMILES string of the molecule is O=C(O)c1cnc(-c2cccc(F)c2)nc1Cl. The predicted molar refractivity (Wildman–Crippen MR) is 59.4 cm³/mol. The number of aromatic nitrogens is 2. The molecule has 4 nitrogen and oxygen atoms in total. The summed E-state index contributed by atoms with van der Waals surface area (Å²) in [4.78, 5) is 18.3. The van der Waals surface area contributed by atoms with Gasteiger partial charge in [0.2, 0.25) is 0 Å². The Hall–Kier alpha value is -2.01. The molecule has 0 aliphatic carbocycles. The summed E-state index contributed by atoms with van der Waals surface area (Å²) in [5.74, 6) is -1.45. The Kier molecular flexibility index (Phi) is 3.01. The Morgan fingerprint density at radius 2 is 2.18 bits per heavy atom. The standard InChI is InChI=1S/C11H6ClFN2O2/c12-9-8(11(16)17)5-14-10(15-9)6-2-1-3-7(13)4-6/h1-5H,(H,16,17). The Morgan fingerprint density at radius 3 is 2.76 bits per heavy atom. The number of carbonyl (C=O) groups is 1. The van der Waals surface area contributed by atoms with Crippen LogP contribution in [0, 0.1) is 5.82 Å². The molecule has 0 spiro atoms. The number of rotatable bonds is 2. The van der Waals surface area contributed by atoms with Gasteiger partial charge in [0.1, 0.15) is 16.5 Å². The average molecular weight is 253 g/mol. The molecule has 2 rings (SSSR count). The van der Waals surface area contributed by atoms with Crippen molar-refractivity contribution >= 4 is 17.6 Å². The highest BCUT2D eigenvalue weighted by molar-refractivity contribution is 6.32. The van der Waals surface area contributed by atoms with Crippen molar-refractivity contribution in [1.82, 2.24) is 9.97 Å². The third-order valence-corrected chi connectivity index (χ3v) is 2.34. The van der Waals surface area contributed by atoms with Gasteiger partial charge < -0.3 is 5.11 Å². The highest BCUT2D eigenvalue weighted by atomic mass is 35.5. The molecule has 0 amide bonds. The van der Waals surface area contributed by atoms with Crippen molar-refractivity contribution < 1.29 is 14.3 Å². The molecule has 86 valence electrons. The van der Waals surface area contributed by atoms with Crippen LogP contribution in [0.15, 0.2) is 30.5 Å². The maximum Gasteiger partial charge on any atom is 0.340 e. The molecular formula is C11H6ClFN2O2. The van der Waals surface area contributed by atoms with Gasteiger partial charge in [-0.3, -0.25) is 0 Å². The van der Waals surface area contributed by atoms with Crippen molar-refractivity contribution in [3.05, 3.63) is 47.0 Å². The van der Waals surface area contributed by atoms with E-state index in [4.69, 9.17) is 16.7 Å². The van der Waals surface area contributed by atoms with Crippen LogP contribution >= 0.6 is 11.6 Å². The predicted octanol–water partition coefficient (Wildman–Crippen LogP) is 2.63. The highest BCUT2D eigenvalue weighted by Crippen LogP contribution is 2.19. The summed E-state index contributed by atoms with van der Waals surface area (Å²) in [5, 5.41) is 8.57. The molecule has 1 N–H and O–H groups in total. The normalized spacial score (nSPS) is 10.2. The lowest BCUT2D eigenvalue weighted by molar-refractivity contribution is 0.0696. The van der Waals surface area contributed by atoms with E-state index in [0.717, 1.165) is 6.20 Å². The fraction of sp³-hybridized carbons (Fsp3) is 0. The number of aromatic carboxylic acids is 1. The van der Waals surface area contributed by atoms with Gasteiger partial charge in [0.15, 0.2) is 5.82 Å². The van der Waals surface area contributed by atoms with Crippen LogP contribution in [-0.4, -0.2) is 21.0 Å². The van der Waals surface area contributed by atoms with Crippen LogP contribution in [0.1, 0.15) is 10.4 Å². The van der Waals surface area contributed by atoms with Gasteiger partial charge in [-0.2, -0.15) is 0 Å². The van der Waals surface area contributed by atoms with Crippen LogP contribution in [0.5, 0.6) is 0 Å². The number of benzene rings is 1. The van der Waals surface area contributed by atoms with Gasteiger partial charge in [-0.1, -0.05) is 23.7 Å². The number of hydrogen-bond acceptors (Lipinski definition) is 3. The highest BCUT2D eigenvalue weighted by Gasteiger charge is 2.12. The van der Waals surface area contributed by atoms with Crippen molar-refractivity contribution in [2.45, 2.75) is 0 Å². The molecule has 1 heterocycles. The van der Waals surface area contributed by atoms with Crippen LogP contribution in [-0.2, 0) is 0 Å². The third kappa shape index (κ3) is 2.39. The molecular weight excluding hydrogens is 247 g/mol. The summed E-state index contributed by atoms with van der Waals surface area (Å²) in [6.45, 7) is 0. The second-order valence-corrected chi connectivity index (χ2v) is 3.57. The van der Waals surface area contributed by atoms with E-state index in [9.17, 15) is 9.18 Å². The molecule has 0 saturated carbocycles. The lowest BCUT2D eigenvalue weighted by Gasteiger charge is -2.02. The minimum absolute atomic E-state index is 0.174. The van der Waals surface area contributed by atoms with Crippen molar-refractivity contribution in [2.75, 3.05) is 0 Å². The number of carboxylic acid groups (broad SMARTS) is 1. The first-order valence-electron chi connectivity index (χ1n) is 4.59. The van der Waals surface area contributed by atoms with Crippen molar-refractivity contribution in [3.8, 4) is 11.4 Å². The zero-order valence-electron chi connectivity index (χ0n) is 8.39. The van der Waals surface area contributed by atoms with Gasteiger partial charge in [-0.25, -0.2) is 19.2 Å². The molecule has 1 aromatic carbocycles. The first-order valence-corrected chi connectivity index (χ1v) is 4.97. The fourth-order valence-electron chi connectivity index (χ4n) is 1.27. The van der Waals surface area contributed by atoms with Crippen LogP contribution in [0.2, 0.25) is 5.15 Å². The van der Waals surface area contributed by atoms with Crippen LogP contribution < -0.4 is 0 Å². The maximum atomic E-state index is 13.0. The summed E-state index contributed by atoms with van der Waals surface area (Å²) in [6.07, 6.45) is 1.10. The average Bonchev–Trinajstić information content (AvgIpc) is 2.28. The third-order valence-electron chi connectivity index (χ3n) is 2.06. The van der Waals surface area contributed by atoms with E-state index in [2.05, 4.69) is 9.97 Å². The minimum Gasteiger partial charge on any atom is -0.478 e. The zero-order chi connectivity index (χ0) is 12.4. The smallest absolute Gasteiger partial charge is 0.340 e. The summed E-state index contributed by atoms with van der Waals surface area (Å²) in [6, 6.07) is 5.64. The van der Waals surface area contributed by atoms with Crippen molar-refractivity contribution in [2.24, 2.45) is 0 Å². The molecule has 1 aromatic heterocycles. The first-order chi connectivity index (χ1) is 8.08. The first kappa shape index (κ1) is 11.5. The summed E-state index contributed by atoms with van der Waals surface area (Å²) in [5.41, 5.74) is 0.246. The summed E-state index contributed by atoms with van der Waals surface area (Å²) >= 11 is 5.69. The van der Waals surface area contributed by atoms with Crippen LogP contribution in [0.25, 0.3) is 11.4 Å².